The third-order valence-electron chi connectivity index (χ3n) is 3.52. The number of aliphatic hydroxyl groups is 1. The van der Waals surface area contributed by atoms with Gasteiger partial charge < -0.3 is 16.6 Å². The smallest absolute Gasteiger partial charge is 0.0402 e. The molecular formula is C18H26N2O. The van der Waals surface area contributed by atoms with Crippen molar-refractivity contribution in [3.8, 4) is 11.1 Å². The summed E-state index contributed by atoms with van der Waals surface area (Å²) in [6, 6.07) is 8.53. The van der Waals surface area contributed by atoms with E-state index in [4.69, 9.17) is 16.6 Å². The second-order valence-electron chi connectivity index (χ2n) is 5.36. The Kier molecular flexibility index (Phi) is 5.79. The van der Waals surface area contributed by atoms with Crippen LogP contribution in [0.1, 0.15) is 29.2 Å². The Hall–Kier alpha value is -2.00. The second kappa shape index (κ2) is 7.14. The first-order valence-electron chi connectivity index (χ1n) is 7.16. The molecule has 114 valence electrons. The van der Waals surface area contributed by atoms with Crippen molar-refractivity contribution in [3.63, 3.8) is 0 Å². The third kappa shape index (κ3) is 3.99. The topological polar surface area (TPSA) is 72.3 Å². The lowest BCUT2D eigenvalue weighted by molar-refractivity contribution is 0.318. The molecule has 0 unspecified atom stereocenters. The van der Waals surface area contributed by atoms with E-state index in [2.05, 4.69) is 24.3 Å². The van der Waals surface area contributed by atoms with Crippen LogP contribution in [-0.4, -0.2) is 11.7 Å². The maximum atomic E-state index is 7.57. The molecular weight excluding hydrogens is 260 g/mol. The third-order valence-corrected chi connectivity index (χ3v) is 3.52. The molecule has 0 amide bonds. The van der Waals surface area contributed by atoms with E-state index in [0.29, 0.717) is 0 Å². The van der Waals surface area contributed by atoms with Crippen LogP contribution >= 0.6 is 0 Å². The Bertz CT molecular complexity index is 532. The highest BCUT2D eigenvalue weighted by Gasteiger charge is 2.07. The monoisotopic (exact) mass is 286 g/mol. The fourth-order valence-electron chi connectivity index (χ4n) is 2.28. The Morgan fingerprint density at radius 1 is 0.714 bits per heavy atom. The van der Waals surface area contributed by atoms with Crippen LogP contribution in [0.3, 0.4) is 0 Å². The van der Waals surface area contributed by atoms with Gasteiger partial charge in [0.05, 0.1) is 0 Å². The van der Waals surface area contributed by atoms with Gasteiger partial charge in [0.1, 0.15) is 0 Å². The molecule has 0 bridgehead atoms. The van der Waals surface area contributed by atoms with Gasteiger partial charge in [-0.25, -0.2) is 0 Å². The summed E-state index contributed by atoms with van der Waals surface area (Å²) in [5, 5.41) is 7.57. The molecule has 0 atom stereocenters. The van der Waals surface area contributed by atoms with Crippen LogP contribution in [0.15, 0.2) is 24.3 Å². The number of rotatable bonds is 1. The highest BCUT2D eigenvalue weighted by atomic mass is 16.2. The molecule has 2 rings (SSSR count). The lowest BCUT2D eigenvalue weighted by Crippen LogP contribution is -1.97. The van der Waals surface area contributed by atoms with Crippen LogP contribution in [0.4, 0.5) is 11.4 Å². The van der Waals surface area contributed by atoms with Crippen LogP contribution in [0.5, 0.6) is 0 Å². The summed E-state index contributed by atoms with van der Waals surface area (Å²) in [5.74, 6) is 0. The van der Waals surface area contributed by atoms with Crippen molar-refractivity contribution in [1.29, 1.82) is 0 Å². The first-order chi connectivity index (χ1) is 9.81. The largest absolute Gasteiger partial charge is 0.398 e. The van der Waals surface area contributed by atoms with E-state index in [0.717, 1.165) is 33.6 Å². The number of anilines is 2. The molecule has 0 aliphatic heterocycles. The summed E-state index contributed by atoms with van der Waals surface area (Å²) < 4.78 is 0. The summed E-state index contributed by atoms with van der Waals surface area (Å²) in [6.07, 6.45) is 0. The Morgan fingerprint density at radius 2 is 0.905 bits per heavy atom. The number of hydrogen-bond acceptors (Lipinski definition) is 3. The molecule has 0 heterocycles. The summed E-state index contributed by atoms with van der Waals surface area (Å²) in [4.78, 5) is 0. The molecule has 2 aromatic carbocycles. The fraction of sp³-hybridized carbons (Fsp3) is 0.333. The van der Waals surface area contributed by atoms with E-state index in [-0.39, 0.29) is 6.61 Å². The maximum absolute atomic E-state index is 7.57. The van der Waals surface area contributed by atoms with Crippen molar-refractivity contribution >= 4 is 11.4 Å². The van der Waals surface area contributed by atoms with E-state index in [1.165, 1.54) is 11.1 Å². The van der Waals surface area contributed by atoms with Gasteiger partial charge in [-0.05, 0) is 92.3 Å². The van der Waals surface area contributed by atoms with Gasteiger partial charge >= 0.3 is 0 Å². The average molecular weight is 286 g/mol. The number of benzene rings is 2. The van der Waals surface area contributed by atoms with Crippen molar-refractivity contribution in [3.05, 3.63) is 46.5 Å². The molecule has 0 aromatic heterocycles. The average Bonchev–Trinajstić information content (AvgIpc) is 2.42. The van der Waals surface area contributed by atoms with Crippen LogP contribution < -0.4 is 11.5 Å². The lowest BCUT2D eigenvalue weighted by Gasteiger charge is -2.12. The second-order valence-corrected chi connectivity index (χ2v) is 5.36. The van der Waals surface area contributed by atoms with E-state index >= 15 is 0 Å². The first kappa shape index (κ1) is 17.1. The summed E-state index contributed by atoms with van der Waals surface area (Å²) in [6.45, 7) is 10.1. The van der Waals surface area contributed by atoms with Crippen LogP contribution in [-0.2, 0) is 0 Å². The van der Waals surface area contributed by atoms with Gasteiger partial charge in [-0.2, -0.15) is 0 Å². The molecule has 3 nitrogen and oxygen atoms in total. The van der Waals surface area contributed by atoms with E-state index in [1.54, 1.807) is 6.92 Å². The van der Waals surface area contributed by atoms with E-state index in [1.807, 2.05) is 27.7 Å². The van der Waals surface area contributed by atoms with Gasteiger partial charge in [-0.15, -0.1) is 0 Å². The normalized spacial score (nSPS) is 10.0. The highest BCUT2D eigenvalue weighted by molar-refractivity contribution is 5.73. The SMILES string of the molecule is CCO.Cc1cc(-c2cc(C)c(N)c(C)c2)cc(C)c1N. The molecule has 0 aliphatic carbocycles. The highest BCUT2D eigenvalue weighted by Crippen LogP contribution is 2.30. The van der Waals surface area contributed by atoms with Crippen molar-refractivity contribution in [2.24, 2.45) is 0 Å². The van der Waals surface area contributed by atoms with Gasteiger partial charge in [0, 0.05) is 18.0 Å². The Balaban J connectivity index is 0.000000677. The standard InChI is InChI=1S/C16H20N2.C2H6O/c1-9-5-13(6-10(2)15(9)17)14-7-11(3)16(18)12(4)8-14;1-2-3/h5-8H,17-18H2,1-4H3;3H,2H2,1H3. The van der Waals surface area contributed by atoms with Crippen molar-refractivity contribution in [2.75, 3.05) is 18.1 Å². The molecule has 21 heavy (non-hydrogen) atoms. The zero-order chi connectivity index (χ0) is 16.2. The zero-order valence-corrected chi connectivity index (χ0v) is 13.6. The van der Waals surface area contributed by atoms with E-state index in [9.17, 15) is 0 Å². The number of nitrogen functional groups attached to an aromatic ring is 2. The van der Waals surface area contributed by atoms with Crippen LogP contribution in [0, 0.1) is 27.7 Å². The zero-order valence-electron chi connectivity index (χ0n) is 13.6. The van der Waals surface area contributed by atoms with Crippen LogP contribution in [0.2, 0.25) is 0 Å². The number of nitrogens with two attached hydrogens (primary N) is 2. The van der Waals surface area contributed by atoms with Gasteiger partial charge in [0.15, 0.2) is 0 Å². The first-order valence-corrected chi connectivity index (χ1v) is 7.16. The molecule has 2 aromatic rings. The van der Waals surface area contributed by atoms with Gasteiger partial charge in [-0.1, -0.05) is 0 Å². The number of aliphatic hydroxyl groups excluding tert-OH is 1. The molecule has 0 spiro atoms. The minimum absolute atomic E-state index is 0.250. The quantitative estimate of drug-likeness (QED) is 0.699. The van der Waals surface area contributed by atoms with Crippen molar-refractivity contribution in [1.82, 2.24) is 0 Å². The molecule has 0 saturated carbocycles. The van der Waals surface area contributed by atoms with Gasteiger partial charge in [0.2, 0.25) is 0 Å². The van der Waals surface area contributed by atoms with Crippen molar-refractivity contribution in [2.45, 2.75) is 34.6 Å². The van der Waals surface area contributed by atoms with Crippen LogP contribution in [0.25, 0.3) is 11.1 Å². The molecule has 0 saturated heterocycles. The molecule has 0 radical (unpaired) electrons. The maximum Gasteiger partial charge on any atom is 0.0402 e. The van der Waals surface area contributed by atoms with Gasteiger partial charge in [0.25, 0.3) is 0 Å². The summed E-state index contributed by atoms with van der Waals surface area (Å²) in [7, 11) is 0. The fourth-order valence-corrected chi connectivity index (χ4v) is 2.28. The lowest BCUT2D eigenvalue weighted by atomic mass is 9.95. The summed E-state index contributed by atoms with van der Waals surface area (Å²) >= 11 is 0. The Labute approximate surface area is 127 Å². The molecule has 3 heteroatoms. The number of aryl methyl sites for hydroxylation is 4. The molecule has 0 aliphatic rings. The van der Waals surface area contributed by atoms with E-state index < -0.39 is 0 Å². The Morgan fingerprint density at radius 3 is 1.10 bits per heavy atom. The predicted octanol–water partition coefficient (Wildman–Crippen LogP) is 3.75. The minimum atomic E-state index is 0.250. The minimum Gasteiger partial charge on any atom is -0.398 e. The predicted molar refractivity (Wildman–Crippen MR) is 92.4 cm³/mol. The summed E-state index contributed by atoms with van der Waals surface area (Å²) in [5.41, 5.74) is 20.6. The molecule has 5 N–H and O–H groups in total. The van der Waals surface area contributed by atoms with Gasteiger partial charge in [-0.3, -0.25) is 0 Å². The van der Waals surface area contributed by atoms with Crippen molar-refractivity contribution < 1.29 is 5.11 Å². The number of hydrogen-bond donors (Lipinski definition) is 3. The molecule has 0 fully saturated rings.